The number of rotatable bonds is 6. The minimum absolute atomic E-state index is 0.0161. The van der Waals surface area contributed by atoms with Crippen LogP contribution in [0.2, 0.25) is 0 Å². The largest absolute Gasteiger partial charge is 0.416 e. The van der Waals surface area contributed by atoms with Crippen molar-refractivity contribution in [3.63, 3.8) is 0 Å². The van der Waals surface area contributed by atoms with Gasteiger partial charge in [-0.3, -0.25) is 14.6 Å². The molecule has 4 aromatic rings. The summed E-state index contributed by atoms with van der Waals surface area (Å²) in [6.07, 6.45) is 1.31. The summed E-state index contributed by atoms with van der Waals surface area (Å²) in [5.41, 5.74) is 0.661. The Morgan fingerprint density at radius 1 is 1.03 bits per heavy atom. The molecule has 4 rings (SSSR count). The summed E-state index contributed by atoms with van der Waals surface area (Å²) < 4.78 is 39.5. The van der Waals surface area contributed by atoms with Gasteiger partial charge in [-0.25, -0.2) is 15.0 Å². The van der Waals surface area contributed by atoms with E-state index >= 15 is 0 Å². The number of halogens is 3. The smallest absolute Gasteiger partial charge is 0.342 e. The lowest BCUT2D eigenvalue weighted by molar-refractivity contribution is -0.138. The van der Waals surface area contributed by atoms with Crippen molar-refractivity contribution in [2.45, 2.75) is 26.1 Å². The van der Waals surface area contributed by atoms with Crippen molar-refractivity contribution in [1.82, 2.24) is 25.3 Å². The normalized spacial score (nSPS) is 12.1. The maximum atomic E-state index is 13.2. The summed E-state index contributed by atoms with van der Waals surface area (Å²) in [4.78, 5) is 41.9. The van der Waals surface area contributed by atoms with Crippen LogP contribution in [0.3, 0.4) is 0 Å². The lowest BCUT2D eigenvalue weighted by atomic mass is 10.1. The highest BCUT2D eigenvalue weighted by Crippen LogP contribution is 2.33. The quantitative estimate of drug-likeness (QED) is 0.374. The number of aromatic nitrogens is 4. The van der Waals surface area contributed by atoms with Gasteiger partial charge in [0, 0.05) is 23.6 Å². The molecule has 36 heavy (non-hydrogen) atoms. The maximum absolute atomic E-state index is 13.2. The van der Waals surface area contributed by atoms with Gasteiger partial charge in [0.25, 0.3) is 11.8 Å². The van der Waals surface area contributed by atoms with Crippen molar-refractivity contribution in [3.05, 3.63) is 88.0 Å². The number of carbonyl (C=O) groups is 2. The number of benzene rings is 1. The topological polar surface area (TPSA) is 110 Å². The van der Waals surface area contributed by atoms with E-state index in [0.29, 0.717) is 10.7 Å². The lowest BCUT2D eigenvalue weighted by Gasteiger charge is -2.12. The number of thiazole rings is 1. The average molecular weight is 513 g/mol. The fourth-order valence-corrected chi connectivity index (χ4v) is 4.09. The zero-order valence-electron chi connectivity index (χ0n) is 19.0. The van der Waals surface area contributed by atoms with Gasteiger partial charge in [-0.05, 0) is 49.7 Å². The minimum atomic E-state index is -4.53. The first-order valence-corrected chi connectivity index (χ1v) is 11.4. The van der Waals surface area contributed by atoms with E-state index in [4.69, 9.17) is 0 Å². The molecule has 0 aliphatic carbocycles. The molecule has 8 nitrogen and oxygen atoms in total. The van der Waals surface area contributed by atoms with Gasteiger partial charge in [-0.1, -0.05) is 6.07 Å². The van der Waals surface area contributed by atoms with Crippen LogP contribution in [0.25, 0.3) is 11.3 Å². The molecule has 12 heteroatoms. The summed E-state index contributed by atoms with van der Waals surface area (Å²) in [5.74, 6) is -1.07. The highest BCUT2D eigenvalue weighted by molar-refractivity contribution is 7.13. The van der Waals surface area contributed by atoms with Crippen molar-refractivity contribution < 1.29 is 22.8 Å². The average Bonchev–Trinajstić information content (AvgIpc) is 3.36. The van der Waals surface area contributed by atoms with E-state index in [0.717, 1.165) is 23.0 Å². The number of alkyl halides is 3. The molecular formula is C24H19F3N6O2S. The van der Waals surface area contributed by atoms with Gasteiger partial charge in [0.15, 0.2) is 0 Å². The molecule has 2 amide bonds. The molecule has 0 radical (unpaired) electrons. The van der Waals surface area contributed by atoms with Crippen LogP contribution >= 0.6 is 11.3 Å². The Morgan fingerprint density at radius 2 is 1.83 bits per heavy atom. The molecule has 0 aliphatic heterocycles. The van der Waals surface area contributed by atoms with E-state index in [1.54, 1.807) is 25.4 Å². The second-order valence-corrected chi connectivity index (χ2v) is 8.83. The summed E-state index contributed by atoms with van der Waals surface area (Å²) in [6, 6.07) is 8.12. The van der Waals surface area contributed by atoms with Crippen LogP contribution < -0.4 is 10.6 Å². The van der Waals surface area contributed by atoms with E-state index in [2.05, 4.69) is 30.6 Å². The number of nitrogens with one attached hydrogen (secondary N) is 2. The van der Waals surface area contributed by atoms with Crippen LogP contribution in [0.15, 0.2) is 61.3 Å². The second-order valence-electron chi connectivity index (χ2n) is 7.77. The first-order chi connectivity index (χ1) is 17.1. The van der Waals surface area contributed by atoms with Crippen molar-refractivity contribution >= 4 is 28.8 Å². The van der Waals surface area contributed by atoms with Crippen LogP contribution in [-0.2, 0) is 6.18 Å². The monoisotopic (exact) mass is 512 g/mol. The van der Waals surface area contributed by atoms with Gasteiger partial charge in [0.05, 0.1) is 23.5 Å². The number of nitrogens with zero attached hydrogens (tertiary/aromatic N) is 4. The number of carbonyl (C=O) groups excluding carboxylic acids is 2. The van der Waals surface area contributed by atoms with E-state index in [-0.39, 0.29) is 21.8 Å². The van der Waals surface area contributed by atoms with E-state index in [1.165, 1.54) is 37.6 Å². The second kappa shape index (κ2) is 10.2. The summed E-state index contributed by atoms with van der Waals surface area (Å²) >= 11 is 1.02. The zero-order valence-corrected chi connectivity index (χ0v) is 19.8. The van der Waals surface area contributed by atoms with Gasteiger partial charge >= 0.3 is 6.18 Å². The Bertz CT molecular complexity index is 1410. The number of anilines is 1. The molecule has 3 aromatic heterocycles. The van der Waals surface area contributed by atoms with Gasteiger partial charge in [-0.2, -0.15) is 13.2 Å². The highest BCUT2D eigenvalue weighted by Gasteiger charge is 2.32. The molecule has 0 saturated heterocycles. The van der Waals surface area contributed by atoms with Crippen LogP contribution in [0.1, 0.15) is 49.3 Å². The van der Waals surface area contributed by atoms with Gasteiger partial charge in [0.2, 0.25) is 0 Å². The Balaban J connectivity index is 1.43. The van der Waals surface area contributed by atoms with Gasteiger partial charge in [-0.15, -0.1) is 11.3 Å². The van der Waals surface area contributed by atoms with Crippen molar-refractivity contribution in [2.24, 2.45) is 0 Å². The predicted molar refractivity (Wildman–Crippen MR) is 127 cm³/mol. The van der Waals surface area contributed by atoms with Gasteiger partial charge in [0.1, 0.15) is 21.9 Å². The fraction of sp³-hybridized carbons (Fsp3) is 0.167. The van der Waals surface area contributed by atoms with Crippen LogP contribution in [0.4, 0.5) is 18.9 Å². The molecule has 184 valence electrons. The summed E-state index contributed by atoms with van der Waals surface area (Å²) in [7, 11) is 0. The molecule has 0 spiro atoms. The number of amides is 2. The van der Waals surface area contributed by atoms with E-state index in [1.807, 2.05) is 6.07 Å². The van der Waals surface area contributed by atoms with E-state index in [9.17, 15) is 22.8 Å². The molecule has 0 bridgehead atoms. The van der Waals surface area contributed by atoms with Gasteiger partial charge < -0.3 is 10.6 Å². The Kier molecular flexibility index (Phi) is 7.06. The third-order valence-electron chi connectivity index (χ3n) is 5.12. The van der Waals surface area contributed by atoms with Crippen molar-refractivity contribution in [3.8, 4) is 11.3 Å². The minimum Gasteiger partial charge on any atom is -0.342 e. The molecule has 1 aromatic carbocycles. The summed E-state index contributed by atoms with van der Waals surface area (Å²) in [5, 5.41) is 5.67. The van der Waals surface area contributed by atoms with Crippen LogP contribution in [-0.4, -0.2) is 31.8 Å². The van der Waals surface area contributed by atoms with E-state index < -0.39 is 29.6 Å². The molecule has 1 atom stereocenters. The number of aryl methyl sites for hydroxylation is 1. The van der Waals surface area contributed by atoms with Crippen LogP contribution in [0, 0.1) is 6.92 Å². The molecular weight excluding hydrogens is 493 g/mol. The standard InChI is InChI=1S/C24H19F3N6O2S/c1-13-5-6-16(8-17(13)24(25,26)27)33-22(35)20-11-29-23(36-20)14(2)32-21(34)19-9-18(30-12-31-19)15-4-3-7-28-10-15/h3-12,14H,1-2H3,(H,32,34)(H,33,35)/t14-/m0/s1. The third-order valence-corrected chi connectivity index (χ3v) is 6.30. The maximum Gasteiger partial charge on any atom is 0.416 e. The number of hydrogen-bond donors (Lipinski definition) is 2. The first kappa shape index (κ1) is 24.9. The van der Waals surface area contributed by atoms with Crippen molar-refractivity contribution in [2.75, 3.05) is 5.32 Å². The fourth-order valence-electron chi connectivity index (χ4n) is 3.28. The predicted octanol–water partition coefficient (Wildman–Crippen LogP) is 5.07. The highest BCUT2D eigenvalue weighted by atomic mass is 32.1. The number of pyridine rings is 1. The molecule has 0 fully saturated rings. The van der Waals surface area contributed by atoms with Crippen molar-refractivity contribution in [1.29, 1.82) is 0 Å². The Morgan fingerprint density at radius 3 is 2.56 bits per heavy atom. The molecule has 0 saturated carbocycles. The molecule has 0 aliphatic rings. The SMILES string of the molecule is Cc1ccc(NC(=O)c2cnc([C@H](C)NC(=O)c3cc(-c4cccnc4)ncn3)s2)cc1C(F)(F)F. The molecule has 3 heterocycles. The van der Waals surface area contributed by atoms with Crippen LogP contribution in [0.5, 0.6) is 0 Å². The number of hydrogen-bond acceptors (Lipinski definition) is 7. The zero-order chi connectivity index (χ0) is 25.9. The Labute approximate surface area is 207 Å². The first-order valence-electron chi connectivity index (χ1n) is 10.6. The lowest BCUT2D eigenvalue weighted by Crippen LogP contribution is -2.27. The summed E-state index contributed by atoms with van der Waals surface area (Å²) in [6.45, 7) is 3.04. The Hall–Kier alpha value is -4.19. The third kappa shape index (κ3) is 5.71. The molecule has 2 N–H and O–H groups in total. The molecule has 0 unspecified atom stereocenters.